The molecule has 1 aromatic carbocycles. The molecule has 0 fully saturated rings. The fourth-order valence-corrected chi connectivity index (χ4v) is 2.35. The fraction of sp³-hybridized carbons (Fsp3) is 0.364. The number of amides is 1. The van der Waals surface area contributed by atoms with E-state index in [2.05, 4.69) is 0 Å². The fourth-order valence-electron chi connectivity index (χ4n) is 1.18. The minimum atomic E-state index is -3.49. The summed E-state index contributed by atoms with van der Waals surface area (Å²) in [5.41, 5.74) is 0.350. The van der Waals surface area contributed by atoms with Gasteiger partial charge in [0.1, 0.15) is 0 Å². The topological polar surface area (TPSA) is 63.2 Å². The lowest BCUT2D eigenvalue weighted by Gasteiger charge is -2.05. The Morgan fingerprint density at radius 1 is 1.25 bits per heavy atom. The quantitative estimate of drug-likeness (QED) is 0.850. The van der Waals surface area contributed by atoms with Crippen LogP contribution < -0.4 is 4.72 Å². The van der Waals surface area contributed by atoms with Crippen molar-refractivity contribution in [3.63, 3.8) is 0 Å². The molecule has 88 valence electrons. The molecule has 1 aromatic rings. The molecule has 1 N–H and O–H groups in total. The van der Waals surface area contributed by atoms with Crippen LogP contribution in [-0.4, -0.2) is 20.1 Å². The molecule has 0 aliphatic heterocycles. The zero-order valence-corrected chi connectivity index (χ0v) is 9.96. The number of benzene rings is 1. The van der Waals surface area contributed by atoms with E-state index in [4.69, 9.17) is 0 Å². The minimum absolute atomic E-state index is 0.0118. The molecule has 1 amide bonds. The second-order valence-electron chi connectivity index (χ2n) is 3.47. The molecule has 5 heteroatoms. The van der Waals surface area contributed by atoms with Crippen molar-refractivity contribution in [2.45, 2.75) is 19.8 Å². The van der Waals surface area contributed by atoms with E-state index in [1.807, 2.05) is 11.6 Å². The summed E-state index contributed by atoms with van der Waals surface area (Å²) < 4.78 is 24.9. The maximum Gasteiger partial charge on any atom is 0.264 e. The molecule has 0 unspecified atom stereocenters. The Bertz CT molecular complexity index is 440. The van der Waals surface area contributed by atoms with Gasteiger partial charge in [-0.15, -0.1) is 0 Å². The van der Waals surface area contributed by atoms with Gasteiger partial charge in [-0.25, -0.2) is 13.1 Å². The van der Waals surface area contributed by atoms with Crippen molar-refractivity contribution < 1.29 is 13.2 Å². The monoisotopic (exact) mass is 241 g/mol. The number of hydrogen-bond donors (Lipinski definition) is 1. The average molecular weight is 241 g/mol. The Morgan fingerprint density at radius 3 is 2.44 bits per heavy atom. The van der Waals surface area contributed by atoms with Crippen molar-refractivity contribution in [2.24, 2.45) is 0 Å². The summed E-state index contributed by atoms with van der Waals surface area (Å²) >= 11 is 0. The Hall–Kier alpha value is -1.36. The Balaban J connectivity index is 2.65. The first-order chi connectivity index (χ1) is 7.55. The Kier molecular flexibility index (Phi) is 4.49. The highest BCUT2D eigenvalue weighted by molar-refractivity contribution is 7.90. The van der Waals surface area contributed by atoms with Crippen molar-refractivity contribution in [2.75, 3.05) is 5.75 Å². The maximum absolute atomic E-state index is 11.5. The molecular formula is C11H15NO3S. The second-order valence-corrected chi connectivity index (χ2v) is 5.31. The van der Waals surface area contributed by atoms with Crippen LogP contribution in [0.2, 0.25) is 0 Å². The predicted molar refractivity (Wildman–Crippen MR) is 62.6 cm³/mol. The van der Waals surface area contributed by atoms with Gasteiger partial charge in [0.25, 0.3) is 5.91 Å². The molecular weight excluding hydrogens is 226 g/mol. The lowest BCUT2D eigenvalue weighted by atomic mass is 10.2. The van der Waals surface area contributed by atoms with E-state index in [9.17, 15) is 13.2 Å². The summed E-state index contributed by atoms with van der Waals surface area (Å²) in [6, 6.07) is 8.29. The summed E-state index contributed by atoms with van der Waals surface area (Å²) in [5.74, 6) is -0.584. The van der Waals surface area contributed by atoms with E-state index < -0.39 is 15.9 Å². The molecule has 1 rings (SSSR count). The minimum Gasteiger partial charge on any atom is -0.268 e. The van der Waals surface area contributed by atoms with Gasteiger partial charge in [-0.1, -0.05) is 31.5 Å². The number of carbonyl (C=O) groups is 1. The molecule has 0 atom stereocenters. The third kappa shape index (κ3) is 4.02. The molecule has 0 spiro atoms. The van der Waals surface area contributed by atoms with Crippen molar-refractivity contribution in [3.8, 4) is 0 Å². The van der Waals surface area contributed by atoms with Crippen LogP contribution in [0.4, 0.5) is 0 Å². The van der Waals surface area contributed by atoms with Gasteiger partial charge in [-0.3, -0.25) is 4.79 Å². The van der Waals surface area contributed by atoms with E-state index >= 15 is 0 Å². The van der Waals surface area contributed by atoms with Crippen molar-refractivity contribution in [3.05, 3.63) is 35.9 Å². The molecule has 0 radical (unpaired) electrons. The van der Waals surface area contributed by atoms with Crippen LogP contribution in [0.15, 0.2) is 30.3 Å². The molecule has 0 saturated heterocycles. The van der Waals surface area contributed by atoms with Crippen LogP contribution in [-0.2, 0) is 10.0 Å². The van der Waals surface area contributed by atoms with Gasteiger partial charge in [0.05, 0.1) is 5.75 Å². The first kappa shape index (κ1) is 12.7. The molecule has 0 aromatic heterocycles. The number of nitrogens with one attached hydrogen (secondary N) is 1. The lowest BCUT2D eigenvalue weighted by molar-refractivity contribution is 0.0981. The molecule has 0 heterocycles. The smallest absolute Gasteiger partial charge is 0.264 e. The molecule has 0 bridgehead atoms. The zero-order chi connectivity index (χ0) is 12.0. The zero-order valence-electron chi connectivity index (χ0n) is 9.14. The van der Waals surface area contributed by atoms with Crippen LogP contribution in [0.1, 0.15) is 30.1 Å². The van der Waals surface area contributed by atoms with Crippen LogP contribution in [0.5, 0.6) is 0 Å². The van der Waals surface area contributed by atoms with Crippen molar-refractivity contribution >= 4 is 15.9 Å². The Morgan fingerprint density at radius 2 is 1.88 bits per heavy atom. The highest BCUT2D eigenvalue weighted by Crippen LogP contribution is 2.00. The van der Waals surface area contributed by atoms with Gasteiger partial charge in [0.15, 0.2) is 0 Å². The van der Waals surface area contributed by atoms with Gasteiger partial charge in [0, 0.05) is 5.56 Å². The van der Waals surface area contributed by atoms with Crippen LogP contribution in [0, 0.1) is 0 Å². The van der Waals surface area contributed by atoms with E-state index in [1.165, 1.54) is 0 Å². The largest absolute Gasteiger partial charge is 0.268 e. The summed E-state index contributed by atoms with van der Waals surface area (Å²) in [5, 5.41) is 0. The number of unbranched alkanes of at least 4 members (excludes halogenated alkanes) is 1. The summed E-state index contributed by atoms with van der Waals surface area (Å²) in [4.78, 5) is 11.5. The van der Waals surface area contributed by atoms with Crippen LogP contribution in [0.25, 0.3) is 0 Å². The van der Waals surface area contributed by atoms with Gasteiger partial charge >= 0.3 is 0 Å². The Labute approximate surface area is 95.7 Å². The van der Waals surface area contributed by atoms with E-state index in [0.29, 0.717) is 12.0 Å². The highest BCUT2D eigenvalue weighted by Gasteiger charge is 2.14. The summed E-state index contributed by atoms with van der Waals surface area (Å²) in [6.07, 6.45) is 1.33. The predicted octanol–water partition coefficient (Wildman–Crippen LogP) is 1.55. The van der Waals surface area contributed by atoms with Crippen molar-refractivity contribution in [1.29, 1.82) is 0 Å². The van der Waals surface area contributed by atoms with Gasteiger partial charge in [-0.05, 0) is 18.6 Å². The van der Waals surface area contributed by atoms with Gasteiger partial charge in [0.2, 0.25) is 10.0 Å². The highest BCUT2D eigenvalue weighted by atomic mass is 32.2. The number of carbonyl (C=O) groups excluding carboxylic acids is 1. The maximum atomic E-state index is 11.5. The van der Waals surface area contributed by atoms with Gasteiger partial charge < -0.3 is 0 Å². The van der Waals surface area contributed by atoms with Crippen LogP contribution in [0.3, 0.4) is 0 Å². The number of sulfonamides is 1. The third-order valence-electron chi connectivity index (χ3n) is 2.05. The first-order valence-corrected chi connectivity index (χ1v) is 6.80. The summed E-state index contributed by atoms with van der Waals surface area (Å²) in [7, 11) is -3.49. The molecule has 4 nitrogen and oxygen atoms in total. The van der Waals surface area contributed by atoms with Crippen LogP contribution >= 0.6 is 0 Å². The molecule has 0 aliphatic rings. The number of rotatable bonds is 5. The first-order valence-electron chi connectivity index (χ1n) is 5.15. The van der Waals surface area contributed by atoms with E-state index in [0.717, 1.165) is 6.42 Å². The second kappa shape index (κ2) is 5.65. The standard InChI is InChI=1S/C11H15NO3S/c1-2-3-9-16(14,15)12-11(13)10-7-5-4-6-8-10/h4-8H,2-3,9H2,1H3,(H,12,13). The summed E-state index contributed by atoms with van der Waals surface area (Å²) in [6.45, 7) is 1.90. The van der Waals surface area contributed by atoms with E-state index in [1.54, 1.807) is 30.3 Å². The number of hydrogen-bond acceptors (Lipinski definition) is 3. The molecule has 16 heavy (non-hydrogen) atoms. The molecule has 0 saturated carbocycles. The lowest BCUT2D eigenvalue weighted by Crippen LogP contribution is -2.32. The van der Waals surface area contributed by atoms with Gasteiger partial charge in [-0.2, -0.15) is 0 Å². The third-order valence-corrected chi connectivity index (χ3v) is 3.37. The van der Waals surface area contributed by atoms with Crippen molar-refractivity contribution in [1.82, 2.24) is 4.72 Å². The van der Waals surface area contributed by atoms with E-state index in [-0.39, 0.29) is 5.75 Å². The SMILES string of the molecule is CCCCS(=O)(=O)NC(=O)c1ccccc1. The molecule has 0 aliphatic carbocycles. The normalized spacial score (nSPS) is 11.1. The average Bonchev–Trinajstić information content (AvgIpc) is 2.27.